The van der Waals surface area contributed by atoms with E-state index in [0.29, 0.717) is 11.2 Å². The Balaban J connectivity index is 2.43. The van der Waals surface area contributed by atoms with Gasteiger partial charge in [-0.05, 0) is 6.07 Å². The van der Waals surface area contributed by atoms with Crippen LogP contribution in [-0.2, 0) is 4.74 Å². The van der Waals surface area contributed by atoms with Crippen LogP contribution in [0.3, 0.4) is 0 Å². The first-order valence-corrected chi connectivity index (χ1v) is 5.10. The maximum atomic E-state index is 11.6. The van der Waals surface area contributed by atoms with E-state index in [1.807, 2.05) is 12.1 Å². The standard InChI is InChI=1S/C12H9N3O2/c1-17-12(16)8-4-2-3-7-9-5-13-6-14-11(9)15-10(7)8/h2-6H,1H3,(H,13,14,15). The molecule has 5 nitrogen and oxygen atoms in total. The van der Waals surface area contributed by atoms with Crippen molar-refractivity contribution < 1.29 is 9.53 Å². The van der Waals surface area contributed by atoms with Crippen molar-refractivity contribution in [3.63, 3.8) is 0 Å². The summed E-state index contributed by atoms with van der Waals surface area (Å²) in [5, 5.41) is 1.82. The number of H-pyrrole nitrogens is 1. The first kappa shape index (κ1) is 9.77. The Hall–Kier alpha value is -2.43. The van der Waals surface area contributed by atoms with E-state index in [4.69, 9.17) is 4.74 Å². The predicted molar refractivity (Wildman–Crippen MR) is 62.7 cm³/mol. The Morgan fingerprint density at radius 3 is 3.06 bits per heavy atom. The Morgan fingerprint density at radius 2 is 2.24 bits per heavy atom. The lowest BCUT2D eigenvalue weighted by molar-refractivity contribution is 0.0603. The van der Waals surface area contributed by atoms with Crippen LogP contribution in [0, 0.1) is 0 Å². The summed E-state index contributed by atoms with van der Waals surface area (Å²) in [7, 11) is 1.36. The summed E-state index contributed by atoms with van der Waals surface area (Å²) in [4.78, 5) is 22.8. The van der Waals surface area contributed by atoms with Gasteiger partial charge in [-0.3, -0.25) is 0 Å². The van der Waals surface area contributed by atoms with E-state index in [1.54, 1.807) is 12.3 Å². The number of nitrogens with zero attached hydrogens (tertiary/aromatic N) is 2. The molecule has 0 atom stereocenters. The lowest BCUT2D eigenvalue weighted by atomic mass is 10.1. The van der Waals surface area contributed by atoms with Gasteiger partial charge in [0.2, 0.25) is 0 Å². The fraction of sp³-hybridized carbons (Fsp3) is 0.0833. The largest absolute Gasteiger partial charge is 0.465 e. The van der Waals surface area contributed by atoms with Gasteiger partial charge in [0.1, 0.15) is 12.0 Å². The van der Waals surface area contributed by atoms with Crippen molar-refractivity contribution in [2.45, 2.75) is 0 Å². The predicted octanol–water partition coefficient (Wildman–Crippen LogP) is 1.90. The average Bonchev–Trinajstić information content (AvgIpc) is 2.76. The van der Waals surface area contributed by atoms with E-state index in [0.717, 1.165) is 16.3 Å². The van der Waals surface area contributed by atoms with E-state index in [9.17, 15) is 4.79 Å². The van der Waals surface area contributed by atoms with Gasteiger partial charge in [0.05, 0.1) is 18.2 Å². The quantitative estimate of drug-likeness (QED) is 0.644. The van der Waals surface area contributed by atoms with Gasteiger partial charge in [-0.15, -0.1) is 0 Å². The van der Waals surface area contributed by atoms with E-state index >= 15 is 0 Å². The first-order chi connectivity index (χ1) is 8.31. The van der Waals surface area contributed by atoms with Crippen LogP contribution >= 0.6 is 0 Å². The Labute approximate surface area is 96.4 Å². The molecule has 17 heavy (non-hydrogen) atoms. The summed E-state index contributed by atoms with van der Waals surface area (Å²) < 4.78 is 4.75. The minimum atomic E-state index is -0.366. The highest BCUT2D eigenvalue weighted by atomic mass is 16.5. The summed E-state index contributed by atoms with van der Waals surface area (Å²) in [5.74, 6) is -0.366. The van der Waals surface area contributed by atoms with Gasteiger partial charge in [0.25, 0.3) is 0 Å². The lowest BCUT2D eigenvalue weighted by Gasteiger charge is -1.99. The Bertz CT molecular complexity index is 718. The third kappa shape index (κ3) is 1.36. The first-order valence-electron chi connectivity index (χ1n) is 5.10. The van der Waals surface area contributed by atoms with E-state index in [1.165, 1.54) is 13.4 Å². The molecule has 0 saturated heterocycles. The van der Waals surface area contributed by atoms with Crippen molar-refractivity contribution in [1.29, 1.82) is 0 Å². The number of fused-ring (bicyclic) bond motifs is 3. The number of aromatic amines is 1. The monoisotopic (exact) mass is 227 g/mol. The third-order valence-electron chi connectivity index (χ3n) is 2.72. The molecule has 5 heteroatoms. The molecular formula is C12H9N3O2. The average molecular weight is 227 g/mol. The topological polar surface area (TPSA) is 67.9 Å². The van der Waals surface area contributed by atoms with E-state index < -0.39 is 0 Å². The second-order valence-electron chi connectivity index (χ2n) is 3.63. The number of hydrogen-bond acceptors (Lipinski definition) is 4. The molecule has 1 aromatic carbocycles. The molecule has 1 N–H and O–H groups in total. The van der Waals surface area contributed by atoms with Gasteiger partial charge < -0.3 is 9.72 Å². The van der Waals surface area contributed by atoms with Crippen molar-refractivity contribution in [2.75, 3.05) is 7.11 Å². The second-order valence-corrected chi connectivity index (χ2v) is 3.63. The minimum absolute atomic E-state index is 0.366. The van der Waals surface area contributed by atoms with Gasteiger partial charge in [0.15, 0.2) is 0 Å². The molecule has 0 fully saturated rings. The SMILES string of the molecule is COC(=O)c1cccc2c1[nH]c1ncncc12. The molecule has 2 aromatic heterocycles. The van der Waals surface area contributed by atoms with Crippen molar-refractivity contribution in [2.24, 2.45) is 0 Å². The number of nitrogens with one attached hydrogen (secondary N) is 1. The van der Waals surface area contributed by atoms with Crippen LogP contribution < -0.4 is 0 Å². The number of carbonyl (C=O) groups excluding carboxylic acids is 1. The molecule has 0 aliphatic rings. The van der Waals surface area contributed by atoms with Crippen LogP contribution in [0.2, 0.25) is 0 Å². The van der Waals surface area contributed by atoms with Crippen molar-refractivity contribution in [1.82, 2.24) is 15.0 Å². The normalized spacial score (nSPS) is 10.9. The molecule has 0 aliphatic carbocycles. The zero-order valence-corrected chi connectivity index (χ0v) is 9.10. The number of aromatic nitrogens is 3. The molecule has 3 rings (SSSR count). The molecule has 0 amide bonds. The number of esters is 1. The summed E-state index contributed by atoms with van der Waals surface area (Å²) in [6.45, 7) is 0. The van der Waals surface area contributed by atoms with Gasteiger partial charge >= 0.3 is 5.97 Å². The number of rotatable bonds is 1. The van der Waals surface area contributed by atoms with Crippen LogP contribution in [0.25, 0.3) is 21.9 Å². The van der Waals surface area contributed by atoms with Gasteiger partial charge in [-0.2, -0.15) is 0 Å². The van der Waals surface area contributed by atoms with E-state index in [2.05, 4.69) is 15.0 Å². The number of carbonyl (C=O) groups is 1. The summed E-state index contributed by atoms with van der Waals surface area (Å²) in [6.07, 6.45) is 3.19. The number of benzene rings is 1. The molecule has 0 spiro atoms. The molecule has 0 saturated carbocycles. The van der Waals surface area contributed by atoms with E-state index in [-0.39, 0.29) is 5.97 Å². The highest BCUT2D eigenvalue weighted by Crippen LogP contribution is 2.25. The molecule has 2 heterocycles. The minimum Gasteiger partial charge on any atom is -0.465 e. The number of para-hydroxylation sites is 1. The molecule has 84 valence electrons. The Kier molecular flexibility index (Phi) is 2.04. The Morgan fingerprint density at radius 1 is 1.35 bits per heavy atom. The fourth-order valence-electron chi connectivity index (χ4n) is 1.94. The van der Waals surface area contributed by atoms with Gasteiger partial charge in [-0.1, -0.05) is 12.1 Å². The molecule has 0 aliphatic heterocycles. The van der Waals surface area contributed by atoms with Crippen molar-refractivity contribution in [3.8, 4) is 0 Å². The van der Waals surface area contributed by atoms with Crippen LogP contribution in [0.5, 0.6) is 0 Å². The van der Waals surface area contributed by atoms with Gasteiger partial charge in [-0.25, -0.2) is 14.8 Å². The molecule has 0 radical (unpaired) electrons. The molecule has 3 aromatic rings. The van der Waals surface area contributed by atoms with Crippen molar-refractivity contribution >= 4 is 27.9 Å². The number of ether oxygens (including phenoxy) is 1. The van der Waals surface area contributed by atoms with Crippen molar-refractivity contribution in [3.05, 3.63) is 36.3 Å². The van der Waals surface area contributed by atoms with Crippen LogP contribution in [0.4, 0.5) is 0 Å². The second kappa shape index (κ2) is 3.55. The maximum Gasteiger partial charge on any atom is 0.339 e. The zero-order valence-electron chi connectivity index (χ0n) is 9.10. The third-order valence-corrected chi connectivity index (χ3v) is 2.72. The molecular weight excluding hydrogens is 218 g/mol. The molecule has 0 bridgehead atoms. The summed E-state index contributed by atoms with van der Waals surface area (Å²) >= 11 is 0. The van der Waals surface area contributed by atoms with Crippen LogP contribution in [0.1, 0.15) is 10.4 Å². The number of methoxy groups -OCH3 is 1. The van der Waals surface area contributed by atoms with Crippen LogP contribution in [0.15, 0.2) is 30.7 Å². The fourth-order valence-corrected chi connectivity index (χ4v) is 1.94. The highest BCUT2D eigenvalue weighted by molar-refractivity contribution is 6.12. The summed E-state index contributed by atoms with van der Waals surface area (Å²) in [5.41, 5.74) is 1.95. The van der Waals surface area contributed by atoms with Crippen LogP contribution in [-0.4, -0.2) is 28.0 Å². The zero-order chi connectivity index (χ0) is 11.8. The lowest BCUT2D eigenvalue weighted by Crippen LogP contribution is -2.01. The smallest absolute Gasteiger partial charge is 0.339 e. The maximum absolute atomic E-state index is 11.6. The highest BCUT2D eigenvalue weighted by Gasteiger charge is 2.13. The molecule has 0 unspecified atom stereocenters. The van der Waals surface area contributed by atoms with Gasteiger partial charge in [0, 0.05) is 17.0 Å². The number of hydrogen-bond donors (Lipinski definition) is 1. The summed E-state index contributed by atoms with van der Waals surface area (Å²) in [6, 6.07) is 5.45.